The molecule has 2 aromatic carbocycles. The van der Waals surface area contributed by atoms with Crippen LogP contribution in [0.1, 0.15) is 23.6 Å². The van der Waals surface area contributed by atoms with Gasteiger partial charge in [0.1, 0.15) is 0 Å². The number of anilines is 1. The third-order valence-corrected chi connectivity index (χ3v) is 4.02. The summed E-state index contributed by atoms with van der Waals surface area (Å²) in [5, 5.41) is 3.13. The lowest BCUT2D eigenvalue weighted by atomic mass is 10.1. The summed E-state index contributed by atoms with van der Waals surface area (Å²) < 4.78 is 10.9. The zero-order valence-corrected chi connectivity index (χ0v) is 18.4. The van der Waals surface area contributed by atoms with Gasteiger partial charge >= 0.3 is 0 Å². The van der Waals surface area contributed by atoms with Crippen molar-refractivity contribution in [3.05, 3.63) is 65.7 Å². The number of rotatable bonds is 8. The van der Waals surface area contributed by atoms with Gasteiger partial charge < -0.3 is 20.5 Å². The lowest BCUT2D eigenvalue weighted by Crippen LogP contribution is -2.22. The van der Waals surface area contributed by atoms with Crippen LogP contribution in [0, 0.1) is 0 Å². The van der Waals surface area contributed by atoms with Gasteiger partial charge in [-0.05, 0) is 48.2 Å². The summed E-state index contributed by atoms with van der Waals surface area (Å²) in [4.78, 5) is 4.44. The molecule has 0 aliphatic heterocycles. The van der Waals surface area contributed by atoms with E-state index in [1.807, 2.05) is 30.3 Å². The van der Waals surface area contributed by atoms with Crippen LogP contribution in [0.5, 0.6) is 11.5 Å². The first-order chi connectivity index (χ1) is 12.6. The van der Waals surface area contributed by atoms with E-state index in [1.165, 1.54) is 5.56 Å². The molecule has 3 N–H and O–H groups in total. The zero-order chi connectivity index (χ0) is 18.9. The Morgan fingerprint density at radius 2 is 1.96 bits per heavy atom. The van der Waals surface area contributed by atoms with Gasteiger partial charge in [-0.1, -0.05) is 25.1 Å². The second kappa shape index (κ2) is 11.5. The minimum absolute atomic E-state index is 0. The first kappa shape index (κ1) is 22.8. The van der Waals surface area contributed by atoms with E-state index in [1.54, 1.807) is 14.2 Å². The van der Waals surface area contributed by atoms with Gasteiger partial charge in [0, 0.05) is 11.3 Å². The molecule has 0 fully saturated rings. The molecule has 2 aromatic rings. The van der Waals surface area contributed by atoms with Crippen LogP contribution in [0.15, 0.2) is 54.0 Å². The number of ether oxygens (including phenoxy) is 2. The number of halogens is 1. The van der Waals surface area contributed by atoms with Gasteiger partial charge in [-0.25, -0.2) is 4.99 Å². The van der Waals surface area contributed by atoms with Crippen molar-refractivity contribution in [2.24, 2.45) is 10.7 Å². The maximum atomic E-state index is 6.04. The Balaban J connectivity index is 0.00000364. The number of hydrogen-bond donors (Lipinski definition) is 2. The maximum Gasteiger partial charge on any atom is 0.193 e. The summed E-state index contributed by atoms with van der Waals surface area (Å²) in [6, 6.07) is 12.1. The molecule has 5 nitrogen and oxygen atoms in total. The van der Waals surface area contributed by atoms with Crippen molar-refractivity contribution < 1.29 is 9.47 Å². The topological polar surface area (TPSA) is 68.9 Å². The van der Waals surface area contributed by atoms with Gasteiger partial charge in [0.25, 0.3) is 0 Å². The summed E-state index contributed by atoms with van der Waals surface area (Å²) in [6.45, 7) is 6.36. The minimum atomic E-state index is 0. The Labute approximate surface area is 178 Å². The highest BCUT2D eigenvalue weighted by Gasteiger charge is 2.11. The standard InChI is InChI=1S/C21H27N3O2.HI/c1-5-8-17-11-16(13-19(25-3)20(17)26-4)14-23-21(22)24-18-10-7-9-15(6-2)12-18;/h5,7,9-13H,1,6,8,14H2,2-4H3,(H3,22,23,24);1H. The molecule has 6 heteroatoms. The largest absolute Gasteiger partial charge is 0.493 e. The third kappa shape index (κ3) is 6.46. The number of benzene rings is 2. The molecule has 0 unspecified atom stereocenters. The van der Waals surface area contributed by atoms with Crippen LogP contribution in [0.25, 0.3) is 0 Å². The van der Waals surface area contributed by atoms with E-state index in [-0.39, 0.29) is 24.0 Å². The average Bonchev–Trinajstić information content (AvgIpc) is 2.66. The third-order valence-electron chi connectivity index (χ3n) is 4.02. The maximum absolute atomic E-state index is 6.04. The summed E-state index contributed by atoms with van der Waals surface area (Å²) in [7, 11) is 3.26. The SMILES string of the molecule is C=CCc1cc(CN=C(N)Nc2cccc(CC)c2)cc(OC)c1OC.I. The Kier molecular flexibility index (Phi) is 9.71. The van der Waals surface area contributed by atoms with E-state index in [4.69, 9.17) is 15.2 Å². The smallest absolute Gasteiger partial charge is 0.193 e. The highest BCUT2D eigenvalue weighted by atomic mass is 127. The van der Waals surface area contributed by atoms with E-state index in [2.05, 4.69) is 35.9 Å². The molecular formula is C21H28IN3O2. The Morgan fingerprint density at radius 1 is 1.19 bits per heavy atom. The summed E-state index contributed by atoms with van der Waals surface area (Å²) in [5.74, 6) is 1.78. The number of allylic oxidation sites excluding steroid dienone is 1. The van der Waals surface area contributed by atoms with Crippen molar-refractivity contribution in [3.8, 4) is 11.5 Å². The van der Waals surface area contributed by atoms with Gasteiger partial charge in [-0.3, -0.25) is 0 Å². The molecular weight excluding hydrogens is 453 g/mol. The quantitative estimate of drug-likeness (QED) is 0.252. The minimum Gasteiger partial charge on any atom is -0.493 e. The predicted octanol–water partition coefficient (Wildman–Crippen LogP) is 4.54. The molecule has 0 amide bonds. The zero-order valence-electron chi connectivity index (χ0n) is 16.1. The number of hydrogen-bond acceptors (Lipinski definition) is 3. The number of guanidine groups is 1. The van der Waals surface area contributed by atoms with Crippen molar-refractivity contribution in [1.29, 1.82) is 0 Å². The molecule has 0 atom stereocenters. The van der Waals surface area contributed by atoms with Crippen molar-refractivity contribution in [2.45, 2.75) is 26.3 Å². The normalized spacial score (nSPS) is 10.7. The van der Waals surface area contributed by atoms with Crippen LogP contribution < -0.4 is 20.5 Å². The van der Waals surface area contributed by atoms with E-state index >= 15 is 0 Å². The van der Waals surface area contributed by atoms with Gasteiger partial charge in [-0.2, -0.15) is 0 Å². The van der Waals surface area contributed by atoms with E-state index < -0.39 is 0 Å². The molecule has 0 spiro atoms. The lowest BCUT2D eigenvalue weighted by Gasteiger charge is -2.14. The second-order valence-corrected chi connectivity index (χ2v) is 5.86. The molecule has 0 radical (unpaired) electrons. The summed E-state index contributed by atoms with van der Waals surface area (Å²) in [5.41, 5.74) is 10.2. The summed E-state index contributed by atoms with van der Waals surface area (Å²) >= 11 is 0. The summed E-state index contributed by atoms with van der Waals surface area (Å²) in [6.07, 6.45) is 3.50. The Hall–Kier alpha value is -2.22. The molecule has 146 valence electrons. The number of nitrogens with one attached hydrogen (secondary N) is 1. The fraction of sp³-hybridized carbons (Fsp3) is 0.286. The fourth-order valence-electron chi connectivity index (χ4n) is 2.74. The number of aryl methyl sites for hydroxylation is 1. The molecule has 0 bridgehead atoms. The molecule has 27 heavy (non-hydrogen) atoms. The monoisotopic (exact) mass is 481 g/mol. The van der Waals surface area contributed by atoms with E-state index in [0.29, 0.717) is 24.7 Å². The highest BCUT2D eigenvalue weighted by molar-refractivity contribution is 14.0. The number of nitrogens with zero attached hydrogens (tertiary/aromatic N) is 1. The molecule has 0 aromatic heterocycles. The number of aliphatic imine (C=N–C) groups is 1. The Morgan fingerprint density at radius 3 is 2.59 bits per heavy atom. The van der Waals surface area contributed by atoms with Crippen LogP contribution in [-0.2, 0) is 19.4 Å². The van der Waals surface area contributed by atoms with Gasteiger partial charge in [0.15, 0.2) is 17.5 Å². The fourth-order valence-corrected chi connectivity index (χ4v) is 2.74. The van der Waals surface area contributed by atoms with Crippen molar-refractivity contribution >= 4 is 35.6 Å². The molecule has 0 aliphatic rings. The Bertz CT molecular complexity index is 791. The van der Waals surface area contributed by atoms with Crippen molar-refractivity contribution in [2.75, 3.05) is 19.5 Å². The highest BCUT2D eigenvalue weighted by Crippen LogP contribution is 2.33. The first-order valence-corrected chi connectivity index (χ1v) is 8.61. The van der Waals surface area contributed by atoms with Crippen LogP contribution in [0.4, 0.5) is 5.69 Å². The molecule has 0 saturated heterocycles. The molecule has 2 rings (SSSR count). The van der Waals surface area contributed by atoms with Gasteiger partial charge in [0.05, 0.1) is 20.8 Å². The van der Waals surface area contributed by atoms with Crippen LogP contribution >= 0.6 is 24.0 Å². The second-order valence-electron chi connectivity index (χ2n) is 5.86. The molecule has 0 aliphatic carbocycles. The van der Waals surface area contributed by atoms with Crippen LogP contribution in [0.2, 0.25) is 0 Å². The van der Waals surface area contributed by atoms with Crippen LogP contribution in [0.3, 0.4) is 0 Å². The number of nitrogens with two attached hydrogens (primary N) is 1. The van der Waals surface area contributed by atoms with Gasteiger partial charge in [-0.15, -0.1) is 30.6 Å². The van der Waals surface area contributed by atoms with Gasteiger partial charge in [0.2, 0.25) is 0 Å². The van der Waals surface area contributed by atoms with Crippen LogP contribution in [-0.4, -0.2) is 20.2 Å². The van der Waals surface area contributed by atoms with E-state index in [9.17, 15) is 0 Å². The van der Waals surface area contributed by atoms with Crippen molar-refractivity contribution in [1.82, 2.24) is 0 Å². The van der Waals surface area contributed by atoms with E-state index in [0.717, 1.165) is 29.0 Å². The predicted molar refractivity (Wildman–Crippen MR) is 124 cm³/mol. The molecule has 0 heterocycles. The number of methoxy groups -OCH3 is 2. The van der Waals surface area contributed by atoms with Crippen molar-refractivity contribution in [3.63, 3.8) is 0 Å². The average molecular weight is 481 g/mol. The molecule has 0 saturated carbocycles. The first-order valence-electron chi connectivity index (χ1n) is 8.61. The lowest BCUT2D eigenvalue weighted by molar-refractivity contribution is 0.352.